The Labute approximate surface area is 468 Å². The van der Waals surface area contributed by atoms with E-state index in [-0.39, 0.29) is 5.41 Å². The van der Waals surface area contributed by atoms with Gasteiger partial charge in [0, 0.05) is 64.4 Å². The van der Waals surface area contributed by atoms with Gasteiger partial charge in [0.15, 0.2) is 0 Å². The van der Waals surface area contributed by atoms with Crippen LogP contribution in [0.3, 0.4) is 0 Å². The third kappa shape index (κ3) is 5.57. The maximum atomic E-state index is 2.59. The van der Waals surface area contributed by atoms with E-state index in [0.717, 1.165) is 11.4 Å². The molecular weight excluding hydrogens is 1020 g/mol. The zero-order chi connectivity index (χ0) is 51.9. The Bertz CT molecular complexity index is 4950. The molecule has 10 aromatic carbocycles. The number of hydrogen-bond acceptors (Lipinski definition) is 5. The summed E-state index contributed by atoms with van der Waals surface area (Å²) in [4.78, 5) is 7.78. The van der Waals surface area contributed by atoms with Crippen molar-refractivity contribution in [3.8, 4) is 21.1 Å². The molecular formula is C72H46N4S3. The van der Waals surface area contributed by atoms with Crippen molar-refractivity contribution in [1.82, 2.24) is 9.13 Å². The number of fused-ring (bicyclic) bond motifs is 21. The van der Waals surface area contributed by atoms with Crippen LogP contribution in [0.1, 0.15) is 47.2 Å². The van der Waals surface area contributed by atoms with Gasteiger partial charge in [0.1, 0.15) is 0 Å². The molecule has 0 radical (unpaired) electrons. The van der Waals surface area contributed by atoms with Crippen LogP contribution >= 0.6 is 34.0 Å². The molecule has 7 heterocycles. The number of benzene rings is 10. The summed E-state index contributed by atoms with van der Waals surface area (Å²) >= 11 is 5.68. The summed E-state index contributed by atoms with van der Waals surface area (Å²) in [6, 6.07) is 86.9. The first-order valence-corrected chi connectivity index (χ1v) is 29.7. The van der Waals surface area contributed by atoms with Crippen LogP contribution in [0.4, 0.5) is 34.1 Å². The van der Waals surface area contributed by atoms with Crippen molar-refractivity contribution in [1.29, 1.82) is 0 Å². The lowest BCUT2D eigenvalue weighted by atomic mass is 9.64. The number of rotatable bonds is 4. The quantitative estimate of drug-likeness (QED) is 0.175. The third-order valence-corrected chi connectivity index (χ3v) is 21.1. The van der Waals surface area contributed by atoms with Gasteiger partial charge in [0.2, 0.25) is 0 Å². The first-order chi connectivity index (χ1) is 39.0. The molecule has 0 saturated carbocycles. The summed E-state index contributed by atoms with van der Waals surface area (Å²) < 4.78 is 7.63. The Hall–Kier alpha value is -8.98. The van der Waals surface area contributed by atoms with E-state index in [9.17, 15) is 0 Å². The van der Waals surface area contributed by atoms with Gasteiger partial charge in [-0.25, -0.2) is 0 Å². The van der Waals surface area contributed by atoms with E-state index in [1.54, 1.807) is 0 Å². The molecule has 18 rings (SSSR count). The molecule has 0 atom stereocenters. The Kier molecular flexibility index (Phi) is 8.83. The van der Waals surface area contributed by atoms with Crippen LogP contribution in [-0.4, -0.2) is 9.13 Å². The molecule has 7 heteroatoms. The molecule has 1 aliphatic carbocycles. The van der Waals surface area contributed by atoms with Crippen molar-refractivity contribution in [2.75, 3.05) is 9.80 Å². The fourth-order valence-corrected chi connectivity index (χ4v) is 18.1. The lowest BCUT2D eigenvalue weighted by Crippen LogP contribution is -2.36. The van der Waals surface area contributed by atoms with E-state index in [4.69, 9.17) is 0 Å². The van der Waals surface area contributed by atoms with Crippen LogP contribution < -0.4 is 9.80 Å². The predicted molar refractivity (Wildman–Crippen MR) is 336 cm³/mol. The average molecular weight is 1060 g/mol. The smallest absolute Gasteiger partial charge is 0.0778 e. The summed E-state index contributed by atoms with van der Waals surface area (Å²) in [5, 5.41) is 12.3. The van der Waals surface area contributed by atoms with Crippen molar-refractivity contribution >= 4 is 132 Å². The van der Waals surface area contributed by atoms with Gasteiger partial charge in [-0.1, -0.05) is 147 Å². The topological polar surface area (TPSA) is 16.3 Å². The minimum absolute atomic E-state index is 0.136. The molecule has 0 bridgehead atoms. The molecule has 79 heavy (non-hydrogen) atoms. The van der Waals surface area contributed by atoms with Crippen LogP contribution in [-0.2, 0) is 10.8 Å². The highest BCUT2D eigenvalue weighted by Crippen LogP contribution is 2.67. The SMILES string of the molecule is CC1(C)c2ccccc2N(c2ccc(N3c4ccccc4C4(c5ccsc5-c5sccc54)c4c3ccc3c4c4ccccc4n3-c3cccc4c3sc3c(-n5c6ccccc6c6ccccc65)cccc34)cc2)c2ccccc21. The van der Waals surface area contributed by atoms with Gasteiger partial charge in [0.05, 0.1) is 71.0 Å². The van der Waals surface area contributed by atoms with Gasteiger partial charge in [-0.2, -0.15) is 0 Å². The van der Waals surface area contributed by atoms with Crippen molar-refractivity contribution in [2.45, 2.75) is 24.7 Å². The molecule has 0 unspecified atom stereocenters. The molecule has 372 valence electrons. The van der Waals surface area contributed by atoms with E-state index < -0.39 is 5.41 Å². The fourth-order valence-electron chi connectivity index (χ4n) is 14.7. The minimum atomic E-state index is -0.573. The van der Waals surface area contributed by atoms with Crippen LogP contribution in [0, 0.1) is 0 Å². The summed E-state index contributed by atoms with van der Waals surface area (Å²) in [5.41, 5.74) is 21.7. The van der Waals surface area contributed by atoms with E-state index in [1.807, 2.05) is 34.0 Å². The second kappa shape index (κ2) is 15.8. The van der Waals surface area contributed by atoms with Gasteiger partial charge in [-0.05, 0) is 136 Å². The fraction of sp³-hybridized carbons (Fsp3) is 0.0556. The van der Waals surface area contributed by atoms with Gasteiger partial charge in [-0.3, -0.25) is 0 Å². The molecule has 3 aliphatic rings. The summed E-state index contributed by atoms with van der Waals surface area (Å²) in [6.07, 6.45) is 0. The zero-order valence-electron chi connectivity index (χ0n) is 43.1. The molecule has 15 aromatic rings. The number of para-hydroxylation sites is 6. The lowest BCUT2D eigenvalue weighted by Gasteiger charge is -2.45. The molecule has 0 fully saturated rings. The normalized spacial score (nSPS) is 14.6. The number of thiophene rings is 3. The number of aromatic nitrogens is 2. The summed E-state index contributed by atoms with van der Waals surface area (Å²) in [7, 11) is 0. The van der Waals surface area contributed by atoms with E-state index >= 15 is 0 Å². The number of nitrogens with zero attached hydrogens (tertiary/aromatic N) is 4. The van der Waals surface area contributed by atoms with Crippen LogP contribution in [0.5, 0.6) is 0 Å². The highest BCUT2D eigenvalue weighted by atomic mass is 32.1. The van der Waals surface area contributed by atoms with Gasteiger partial charge < -0.3 is 18.9 Å². The Morgan fingerprint density at radius 3 is 1.29 bits per heavy atom. The second-order valence-corrected chi connectivity index (χ2v) is 24.8. The average Bonchev–Trinajstić information content (AvgIpc) is 2.73. The molecule has 5 aromatic heterocycles. The van der Waals surface area contributed by atoms with E-state index in [2.05, 4.69) is 274 Å². The van der Waals surface area contributed by atoms with Crippen molar-refractivity contribution in [2.24, 2.45) is 0 Å². The molecule has 0 amide bonds. The maximum absolute atomic E-state index is 2.59. The lowest BCUT2D eigenvalue weighted by molar-refractivity contribution is 0.632. The molecule has 2 aliphatic heterocycles. The van der Waals surface area contributed by atoms with Gasteiger partial charge in [0.25, 0.3) is 0 Å². The zero-order valence-corrected chi connectivity index (χ0v) is 45.6. The van der Waals surface area contributed by atoms with Crippen molar-refractivity contribution in [3.05, 3.63) is 275 Å². The highest BCUT2D eigenvalue weighted by Gasteiger charge is 2.54. The molecule has 0 N–H and O–H groups in total. The largest absolute Gasteiger partial charge is 0.310 e. The molecule has 4 nitrogen and oxygen atoms in total. The Morgan fingerprint density at radius 2 is 0.734 bits per heavy atom. The van der Waals surface area contributed by atoms with Crippen LogP contribution in [0.15, 0.2) is 241 Å². The summed E-state index contributed by atoms with van der Waals surface area (Å²) in [5.74, 6) is 0. The van der Waals surface area contributed by atoms with Crippen molar-refractivity contribution in [3.63, 3.8) is 0 Å². The second-order valence-electron chi connectivity index (χ2n) is 21.9. The Balaban J connectivity index is 0.894. The highest BCUT2D eigenvalue weighted by molar-refractivity contribution is 7.26. The van der Waals surface area contributed by atoms with E-state index in [0.29, 0.717) is 0 Å². The van der Waals surface area contributed by atoms with Crippen LogP contribution in [0.25, 0.3) is 84.9 Å². The number of anilines is 6. The summed E-state index contributed by atoms with van der Waals surface area (Å²) in [6.45, 7) is 4.71. The van der Waals surface area contributed by atoms with Gasteiger partial charge >= 0.3 is 0 Å². The van der Waals surface area contributed by atoms with Crippen LogP contribution in [0.2, 0.25) is 0 Å². The van der Waals surface area contributed by atoms with Crippen molar-refractivity contribution < 1.29 is 0 Å². The minimum Gasteiger partial charge on any atom is -0.310 e. The first-order valence-electron chi connectivity index (χ1n) is 27.1. The predicted octanol–water partition coefficient (Wildman–Crippen LogP) is 20.6. The standard InChI is InChI=1S/C72H46N4S3/c1-71(2)50-22-6-12-28-58(50)73(59-29-13-7-23-51(59)71)43-33-35-44(36-34-43)74-60-30-14-8-24-52(60)72(53-39-41-77-69(53)70-54(72)40-42-78-70)66-62(74)38-37-61-65(66)49-19-5-11-27-57(49)76(61)64-32-16-21-48-47-20-15-31-63(67(47)79-68(48)64)75-55-25-9-3-17-45(55)46-18-4-10-26-56(46)75/h3-42H,1-2H3. The monoisotopic (exact) mass is 1060 g/mol. The Morgan fingerprint density at radius 1 is 0.316 bits per heavy atom. The first kappa shape index (κ1) is 44.0. The molecule has 1 spiro atoms. The van der Waals surface area contributed by atoms with E-state index in [1.165, 1.54) is 141 Å². The maximum Gasteiger partial charge on any atom is 0.0778 e. The third-order valence-electron chi connectivity index (χ3n) is 17.9. The van der Waals surface area contributed by atoms with Gasteiger partial charge in [-0.15, -0.1) is 34.0 Å². The number of hydrogen-bond donors (Lipinski definition) is 0. The molecule has 0 saturated heterocycles.